The lowest BCUT2D eigenvalue weighted by Gasteiger charge is -2.38. The van der Waals surface area contributed by atoms with E-state index in [-0.39, 0.29) is 17.3 Å². The first-order valence-electron chi connectivity index (χ1n) is 6.46. The molecule has 1 aromatic heterocycles. The predicted octanol–water partition coefficient (Wildman–Crippen LogP) is 2.51. The summed E-state index contributed by atoms with van der Waals surface area (Å²) in [6.07, 6.45) is 3.21. The van der Waals surface area contributed by atoms with Gasteiger partial charge in [0.25, 0.3) is 0 Å². The molecular formula is C14H18N2O2. The lowest BCUT2D eigenvalue weighted by Crippen LogP contribution is -2.43. The number of nitrogens with two attached hydrogens (primary N) is 1. The van der Waals surface area contributed by atoms with Gasteiger partial charge in [0.2, 0.25) is 0 Å². The van der Waals surface area contributed by atoms with E-state index in [0.29, 0.717) is 5.58 Å². The van der Waals surface area contributed by atoms with Crippen LogP contribution in [0.3, 0.4) is 0 Å². The van der Waals surface area contributed by atoms with Crippen molar-refractivity contribution in [3.63, 3.8) is 0 Å². The van der Waals surface area contributed by atoms with Gasteiger partial charge in [-0.05, 0) is 50.8 Å². The molecule has 0 atom stereocenters. The molecule has 0 bridgehead atoms. The summed E-state index contributed by atoms with van der Waals surface area (Å²) >= 11 is 0. The van der Waals surface area contributed by atoms with Crippen LogP contribution < -0.4 is 11.5 Å². The first kappa shape index (κ1) is 11.5. The molecule has 1 saturated carbocycles. The maximum Gasteiger partial charge on any atom is 0.420 e. The van der Waals surface area contributed by atoms with Crippen molar-refractivity contribution >= 4 is 11.1 Å². The highest BCUT2D eigenvalue weighted by Gasteiger charge is 2.34. The number of aromatic nitrogens is 1. The van der Waals surface area contributed by atoms with Crippen molar-refractivity contribution in [1.82, 2.24) is 4.57 Å². The molecule has 96 valence electrons. The van der Waals surface area contributed by atoms with Gasteiger partial charge < -0.3 is 10.2 Å². The van der Waals surface area contributed by atoms with Crippen LogP contribution in [0.4, 0.5) is 0 Å². The molecule has 4 nitrogen and oxygen atoms in total. The molecule has 1 fully saturated rings. The number of rotatable bonds is 2. The van der Waals surface area contributed by atoms with E-state index in [1.54, 1.807) is 4.57 Å². The fourth-order valence-electron chi connectivity index (χ4n) is 2.68. The number of benzene rings is 1. The third-order valence-electron chi connectivity index (χ3n) is 3.95. The molecule has 0 spiro atoms. The summed E-state index contributed by atoms with van der Waals surface area (Å²) in [7, 11) is 0. The van der Waals surface area contributed by atoms with E-state index in [2.05, 4.69) is 0 Å². The highest BCUT2D eigenvalue weighted by molar-refractivity contribution is 5.74. The number of fused-ring (bicyclic) bond motifs is 1. The number of hydrogen-bond acceptors (Lipinski definition) is 3. The zero-order valence-electron chi connectivity index (χ0n) is 10.8. The minimum Gasteiger partial charge on any atom is -0.408 e. The molecule has 2 N–H and O–H groups in total. The average molecular weight is 246 g/mol. The lowest BCUT2D eigenvalue weighted by atomic mass is 9.73. The van der Waals surface area contributed by atoms with Crippen molar-refractivity contribution in [3.05, 3.63) is 34.3 Å². The normalized spacial score (nSPS) is 18.2. The van der Waals surface area contributed by atoms with Crippen LogP contribution in [0.2, 0.25) is 0 Å². The second kappa shape index (κ2) is 3.72. The molecular weight excluding hydrogens is 228 g/mol. The van der Waals surface area contributed by atoms with Crippen molar-refractivity contribution in [1.29, 1.82) is 0 Å². The van der Waals surface area contributed by atoms with Gasteiger partial charge in [0.1, 0.15) is 0 Å². The summed E-state index contributed by atoms with van der Waals surface area (Å²) < 4.78 is 6.93. The van der Waals surface area contributed by atoms with E-state index in [0.717, 1.165) is 23.9 Å². The third-order valence-corrected chi connectivity index (χ3v) is 3.95. The molecule has 1 heterocycles. The quantitative estimate of drug-likeness (QED) is 0.885. The molecule has 0 unspecified atom stereocenters. The van der Waals surface area contributed by atoms with E-state index in [1.807, 2.05) is 32.0 Å². The highest BCUT2D eigenvalue weighted by atomic mass is 16.4. The second-order valence-electron chi connectivity index (χ2n) is 5.52. The summed E-state index contributed by atoms with van der Waals surface area (Å²) in [5.41, 5.74) is 8.72. The predicted molar refractivity (Wildman–Crippen MR) is 70.6 cm³/mol. The first-order valence-corrected chi connectivity index (χ1v) is 6.46. The van der Waals surface area contributed by atoms with E-state index < -0.39 is 0 Å². The number of hydrogen-bond donors (Lipinski definition) is 1. The van der Waals surface area contributed by atoms with Crippen molar-refractivity contribution < 1.29 is 4.42 Å². The molecule has 1 aromatic carbocycles. The molecule has 3 rings (SSSR count). The summed E-state index contributed by atoms with van der Waals surface area (Å²) in [6.45, 7) is 3.95. The molecule has 0 radical (unpaired) electrons. The van der Waals surface area contributed by atoms with Gasteiger partial charge in [0, 0.05) is 11.6 Å². The molecule has 0 amide bonds. The maximum atomic E-state index is 11.8. The summed E-state index contributed by atoms with van der Waals surface area (Å²) in [6, 6.07) is 5.94. The third kappa shape index (κ3) is 1.52. The highest BCUT2D eigenvalue weighted by Crippen LogP contribution is 2.39. The summed E-state index contributed by atoms with van der Waals surface area (Å²) in [5.74, 6) is -0.295. The van der Waals surface area contributed by atoms with Gasteiger partial charge in [-0.15, -0.1) is 0 Å². The van der Waals surface area contributed by atoms with Crippen molar-refractivity contribution in [3.8, 4) is 0 Å². The summed E-state index contributed by atoms with van der Waals surface area (Å²) in [4.78, 5) is 11.8. The lowest BCUT2D eigenvalue weighted by molar-refractivity contribution is 0.254. The van der Waals surface area contributed by atoms with Crippen LogP contribution in [0.15, 0.2) is 27.4 Å². The molecule has 1 aliphatic rings. The minimum atomic E-state index is -0.295. The van der Waals surface area contributed by atoms with E-state index in [4.69, 9.17) is 10.2 Å². The standard InChI is InChI=1S/C14H18N2O2/c1-9(2)16-11-8-10(14(15)6-3-7-14)4-5-12(11)18-13(16)17/h4-5,8-9H,3,6-7,15H2,1-2H3. The van der Waals surface area contributed by atoms with E-state index >= 15 is 0 Å². The first-order chi connectivity index (χ1) is 8.51. The Hall–Kier alpha value is -1.55. The van der Waals surface area contributed by atoms with Gasteiger partial charge in [-0.1, -0.05) is 6.07 Å². The SMILES string of the molecule is CC(C)n1c(=O)oc2ccc(C3(N)CCC3)cc21. The topological polar surface area (TPSA) is 61.2 Å². The molecule has 18 heavy (non-hydrogen) atoms. The fourth-order valence-corrected chi connectivity index (χ4v) is 2.68. The fraction of sp³-hybridized carbons (Fsp3) is 0.500. The van der Waals surface area contributed by atoms with Gasteiger partial charge in [0.05, 0.1) is 5.52 Å². The Morgan fingerprint density at radius 2 is 2.11 bits per heavy atom. The van der Waals surface area contributed by atoms with Crippen LogP contribution >= 0.6 is 0 Å². The average Bonchev–Trinajstić information content (AvgIpc) is 2.60. The zero-order chi connectivity index (χ0) is 12.9. The Bertz CT molecular complexity index is 647. The van der Waals surface area contributed by atoms with Crippen LogP contribution in [-0.2, 0) is 5.54 Å². The Balaban J connectivity index is 2.21. The van der Waals surface area contributed by atoms with Crippen LogP contribution in [0.1, 0.15) is 44.7 Å². The Labute approximate surface area is 105 Å². The van der Waals surface area contributed by atoms with Gasteiger partial charge in [0.15, 0.2) is 5.58 Å². The Morgan fingerprint density at radius 1 is 1.39 bits per heavy atom. The molecule has 0 saturated heterocycles. The maximum absolute atomic E-state index is 11.8. The van der Waals surface area contributed by atoms with Crippen molar-refractivity contribution in [2.45, 2.75) is 44.7 Å². The van der Waals surface area contributed by atoms with Crippen LogP contribution in [0.25, 0.3) is 11.1 Å². The monoisotopic (exact) mass is 246 g/mol. The largest absolute Gasteiger partial charge is 0.420 e. The number of oxazole rings is 1. The van der Waals surface area contributed by atoms with E-state index in [1.165, 1.54) is 6.42 Å². The van der Waals surface area contributed by atoms with Crippen LogP contribution in [-0.4, -0.2) is 4.57 Å². The minimum absolute atomic E-state index is 0.0871. The Kier molecular flexibility index (Phi) is 2.38. The van der Waals surface area contributed by atoms with Gasteiger partial charge in [-0.25, -0.2) is 4.79 Å². The summed E-state index contributed by atoms with van der Waals surface area (Å²) in [5, 5.41) is 0. The van der Waals surface area contributed by atoms with Crippen molar-refractivity contribution in [2.75, 3.05) is 0 Å². The second-order valence-corrected chi connectivity index (χ2v) is 5.52. The smallest absolute Gasteiger partial charge is 0.408 e. The number of nitrogens with zero attached hydrogens (tertiary/aromatic N) is 1. The molecule has 1 aliphatic carbocycles. The van der Waals surface area contributed by atoms with Gasteiger partial charge in [-0.2, -0.15) is 0 Å². The van der Waals surface area contributed by atoms with E-state index in [9.17, 15) is 4.79 Å². The Morgan fingerprint density at radius 3 is 2.67 bits per heavy atom. The molecule has 4 heteroatoms. The van der Waals surface area contributed by atoms with Gasteiger partial charge >= 0.3 is 5.76 Å². The van der Waals surface area contributed by atoms with Gasteiger partial charge in [-0.3, -0.25) is 4.57 Å². The van der Waals surface area contributed by atoms with Crippen molar-refractivity contribution in [2.24, 2.45) is 5.73 Å². The zero-order valence-corrected chi connectivity index (χ0v) is 10.8. The van der Waals surface area contributed by atoms with Crippen LogP contribution in [0.5, 0.6) is 0 Å². The molecule has 0 aliphatic heterocycles. The molecule has 2 aromatic rings. The van der Waals surface area contributed by atoms with Crippen LogP contribution in [0, 0.1) is 0 Å².